The van der Waals surface area contributed by atoms with E-state index >= 15 is 0 Å². The van der Waals surface area contributed by atoms with Gasteiger partial charge in [-0.2, -0.15) is 0 Å². The summed E-state index contributed by atoms with van der Waals surface area (Å²) >= 11 is 0. The second-order valence-corrected chi connectivity index (χ2v) is 4.81. The van der Waals surface area contributed by atoms with Gasteiger partial charge >= 0.3 is 0 Å². The summed E-state index contributed by atoms with van der Waals surface area (Å²) in [7, 11) is 0. The fourth-order valence-electron chi connectivity index (χ4n) is 1.68. The molecule has 110 valence electrons. The summed E-state index contributed by atoms with van der Waals surface area (Å²) in [5.74, 6) is 0.171. The number of benzene rings is 1. The quantitative estimate of drug-likeness (QED) is 0.785. The van der Waals surface area contributed by atoms with E-state index in [0.29, 0.717) is 17.1 Å². The van der Waals surface area contributed by atoms with Crippen molar-refractivity contribution in [2.45, 2.75) is 19.9 Å². The largest absolute Gasteiger partial charge is 0.482 e. The van der Waals surface area contributed by atoms with Crippen molar-refractivity contribution in [3.63, 3.8) is 0 Å². The molecule has 1 aromatic rings. The monoisotopic (exact) mass is 299 g/mol. The third kappa shape index (κ3) is 3.61. The lowest BCUT2D eigenvalue weighted by atomic mass is 10.0. The normalized spacial score (nSPS) is 14.5. The van der Waals surface area contributed by atoms with E-state index in [1.54, 1.807) is 18.2 Å². The molecule has 0 bridgehead atoms. The molecule has 0 aliphatic carbocycles. The highest BCUT2D eigenvalue weighted by molar-refractivity contribution is 5.98. The Morgan fingerprint density at radius 3 is 2.80 bits per heavy atom. The Labute approximate surface area is 123 Å². The SMILES string of the molecule is CC(C)[C@H](N)C(=O)Nc1ccc2c(c1)OCC(=O)N2.Cl. The van der Waals surface area contributed by atoms with E-state index in [2.05, 4.69) is 10.6 Å². The maximum Gasteiger partial charge on any atom is 0.262 e. The zero-order chi connectivity index (χ0) is 14.0. The Kier molecular flexibility index (Phi) is 5.35. The summed E-state index contributed by atoms with van der Waals surface area (Å²) in [5, 5.41) is 5.41. The number of anilines is 2. The van der Waals surface area contributed by atoms with Crippen molar-refractivity contribution < 1.29 is 14.3 Å². The van der Waals surface area contributed by atoms with Crippen LogP contribution in [0.1, 0.15) is 13.8 Å². The highest BCUT2D eigenvalue weighted by Crippen LogP contribution is 2.30. The number of fused-ring (bicyclic) bond motifs is 1. The van der Waals surface area contributed by atoms with Gasteiger partial charge in [0.15, 0.2) is 6.61 Å². The first-order valence-corrected chi connectivity index (χ1v) is 6.10. The van der Waals surface area contributed by atoms with Crippen LogP contribution in [0.5, 0.6) is 5.75 Å². The van der Waals surface area contributed by atoms with E-state index in [9.17, 15) is 9.59 Å². The molecular formula is C13H18ClN3O3. The van der Waals surface area contributed by atoms with E-state index in [1.807, 2.05) is 13.8 Å². The molecule has 1 aromatic carbocycles. The first-order valence-electron chi connectivity index (χ1n) is 6.10. The standard InChI is InChI=1S/C13H17N3O3.ClH/c1-7(2)12(14)13(18)15-8-3-4-9-10(5-8)19-6-11(17)16-9;/h3-5,7,12H,6,14H2,1-2H3,(H,15,18)(H,16,17);1H/t12-;/m0./s1. The van der Waals surface area contributed by atoms with Crippen molar-refractivity contribution in [3.8, 4) is 5.75 Å². The molecule has 4 N–H and O–H groups in total. The molecule has 1 aliphatic rings. The lowest BCUT2D eigenvalue weighted by Gasteiger charge is -2.20. The maximum absolute atomic E-state index is 11.8. The van der Waals surface area contributed by atoms with Crippen LogP contribution in [-0.2, 0) is 9.59 Å². The van der Waals surface area contributed by atoms with Crippen LogP contribution in [0.3, 0.4) is 0 Å². The average Bonchev–Trinajstić information content (AvgIpc) is 2.37. The number of carbonyl (C=O) groups excluding carboxylic acids is 2. The molecule has 0 fully saturated rings. The van der Waals surface area contributed by atoms with Crippen LogP contribution in [0.4, 0.5) is 11.4 Å². The number of carbonyl (C=O) groups is 2. The molecule has 6 nitrogen and oxygen atoms in total. The van der Waals surface area contributed by atoms with Crippen molar-refractivity contribution in [2.24, 2.45) is 11.7 Å². The Morgan fingerprint density at radius 1 is 1.45 bits per heavy atom. The van der Waals surface area contributed by atoms with Crippen molar-refractivity contribution >= 4 is 35.6 Å². The Hall–Kier alpha value is -1.79. The van der Waals surface area contributed by atoms with E-state index in [0.717, 1.165) is 0 Å². The highest BCUT2D eigenvalue weighted by atomic mass is 35.5. The highest BCUT2D eigenvalue weighted by Gasteiger charge is 2.19. The van der Waals surface area contributed by atoms with Crippen molar-refractivity contribution in [3.05, 3.63) is 18.2 Å². The predicted molar refractivity (Wildman–Crippen MR) is 79.3 cm³/mol. The van der Waals surface area contributed by atoms with E-state index in [-0.39, 0.29) is 36.7 Å². The first kappa shape index (κ1) is 16.3. The van der Waals surface area contributed by atoms with Crippen LogP contribution in [0.25, 0.3) is 0 Å². The van der Waals surface area contributed by atoms with Gasteiger partial charge < -0.3 is 21.1 Å². The number of nitrogens with two attached hydrogens (primary N) is 1. The van der Waals surface area contributed by atoms with Crippen molar-refractivity contribution in [1.29, 1.82) is 0 Å². The minimum Gasteiger partial charge on any atom is -0.482 e. The number of hydrogen-bond donors (Lipinski definition) is 3. The number of rotatable bonds is 3. The third-order valence-corrected chi connectivity index (χ3v) is 2.90. The van der Waals surface area contributed by atoms with E-state index < -0.39 is 6.04 Å². The molecule has 1 atom stereocenters. The second-order valence-electron chi connectivity index (χ2n) is 4.81. The number of amides is 2. The molecule has 0 saturated heterocycles. The van der Waals surface area contributed by atoms with Gasteiger partial charge in [-0.3, -0.25) is 9.59 Å². The Bertz CT molecular complexity index is 520. The molecule has 2 amide bonds. The van der Waals surface area contributed by atoms with E-state index in [1.165, 1.54) is 0 Å². The first-order chi connectivity index (χ1) is 8.97. The average molecular weight is 300 g/mol. The summed E-state index contributed by atoms with van der Waals surface area (Å²) < 4.78 is 5.27. The molecule has 0 radical (unpaired) electrons. The minimum absolute atomic E-state index is 0. The van der Waals surface area contributed by atoms with Gasteiger partial charge in [0.05, 0.1) is 11.7 Å². The predicted octanol–water partition coefficient (Wildman–Crippen LogP) is 1.36. The molecule has 1 aliphatic heterocycles. The van der Waals surface area contributed by atoms with Crippen LogP contribution in [0.2, 0.25) is 0 Å². The molecule has 0 aromatic heterocycles. The molecular weight excluding hydrogens is 282 g/mol. The van der Waals surface area contributed by atoms with Gasteiger partial charge in [0.25, 0.3) is 5.91 Å². The summed E-state index contributed by atoms with van der Waals surface area (Å²) in [6.45, 7) is 3.75. The van der Waals surface area contributed by atoms with Gasteiger partial charge in [0.1, 0.15) is 5.75 Å². The van der Waals surface area contributed by atoms with Gasteiger partial charge in [-0.1, -0.05) is 13.8 Å². The number of halogens is 1. The maximum atomic E-state index is 11.8. The van der Waals surface area contributed by atoms with Crippen LogP contribution in [0, 0.1) is 5.92 Å². The molecule has 0 saturated carbocycles. The third-order valence-electron chi connectivity index (χ3n) is 2.90. The van der Waals surface area contributed by atoms with Gasteiger partial charge in [-0.25, -0.2) is 0 Å². The number of nitrogens with one attached hydrogen (secondary N) is 2. The lowest BCUT2D eigenvalue weighted by Crippen LogP contribution is -2.39. The zero-order valence-electron chi connectivity index (χ0n) is 11.3. The minimum atomic E-state index is -0.559. The van der Waals surface area contributed by atoms with Gasteiger partial charge in [0, 0.05) is 11.8 Å². The number of ether oxygens (including phenoxy) is 1. The topological polar surface area (TPSA) is 93.5 Å². The molecule has 20 heavy (non-hydrogen) atoms. The number of hydrogen-bond acceptors (Lipinski definition) is 4. The zero-order valence-corrected chi connectivity index (χ0v) is 12.1. The Morgan fingerprint density at radius 2 is 2.15 bits per heavy atom. The fourth-order valence-corrected chi connectivity index (χ4v) is 1.68. The second kappa shape index (κ2) is 6.58. The van der Waals surface area contributed by atoms with Crippen LogP contribution in [0.15, 0.2) is 18.2 Å². The summed E-state index contributed by atoms with van der Waals surface area (Å²) in [6.07, 6.45) is 0. The summed E-state index contributed by atoms with van der Waals surface area (Å²) in [6, 6.07) is 4.48. The molecule has 1 heterocycles. The smallest absolute Gasteiger partial charge is 0.262 e. The van der Waals surface area contributed by atoms with Crippen LogP contribution >= 0.6 is 12.4 Å². The van der Waals surface area contributed by atoms with E-state index in [4.69, 9.17) is 10.5 Å². The molecule has 2 rings (SSSR count). The van der Waals surface area contributed by atoms with Gasteiger partial charge in [-0.05, 0) is 18.1 Å². The lowest BCUT2D eigenvalue weighted by molar-refractivity contribution is -0.119. The fraction of sp³-hybridized carbons (Fsp3) is 0.385. The van der Waals surface area contributed by atoms with Crippen molar-refractivity contribution in [1.82, 2.24) is 0 Å². The molecule has 0 unspecified atom stereocenters. The van der Waals surface area contributed by atoms with Crippen LogP contribution < -0.4 is 21.1 Å². The van der Waals surface area contributed by atoms with Crippen LogP contribution in [-0.4, -0.2) is 24.5 Å². The van der Waals surface area contributed by atoms with Gasteiger partial charge in [-0.15, -0.1) is 12.4 Å². The summed E-state index contributed by atoms with van der Waals surface area (Å²) in [4.78, 5) is 23.0. The molecule has 7 heteroatoms. The van der Waals surface area contributed by atoms with Gasteiger partial charge in [0.2, 0.25) is 5.91 Å². The Balaban J connectivity index is 0.00000200. The molecule has 0 spiro atoms. The summed E-state index contributed by atoms with van der Waals surface area (Å²) in [5.41, 5.74) is 6.96. The van der Waals surface area contributed by atoms with Crippen molar-refractivity contribution in [2.75, 3.05) is 17.2 Å².